The first-order valence-corrected chi connectivity index (χ1v) is 11.6. The van der Waals surface area contributed by atoms with Crippen LogP contribution in [-0.4, -0.2) is 65.4 Å². The third-order valence-corrected chi connectivity index (χ3v) is 6.18. The number of ether oxygens (including phenoxy) is 3. The fourth-order valence-electron chi connectivity index (χ4n) is 4.29. The van der Waals surface area contributed by atoms with Gasteiger partial charge in [-0.25, -0.2) is 4.68 Å². The van der Waals surface area contributed by atoms with Crippen molar-refractivity contribution in [2.45, 2.75) is 25.4 Å². The second-order valence-electron chi connectivity index (χ2n) is 8.34. The van der Waals surface area contributed by atoms with E-state index in [0.29, 0.717) is 35.9 Å². The summed E-state index contributed by atoms with van der Waals surface area (Å²) < 4.78 is 18.4. The van der Waals surface area contributed by atoms with Gasteiger partial charge in [-0.05, 0) is 49.2 Å². The number of benzene rings is 2. The first kappa shape index (κ1) is 22.6. The van der Waals surface area contributed by atoms with Gasteiger partial charge in [-0.2, -0.15) is 0 Å². The Kier molecular flexibility index (Phi) is 6.47. The minimum atomic E-state index is -0.00779. The Bertz CT molecular complexity index is 1270. The maximum absolute atomic E-state index is 13.0. The van der Waals surface area contributed by atoms with Gasteiger partial charge < -0.3 is 19.1 Å². The Labute approximate surface area is 203 Å². The zero-order valence-corrected chi connectivity index (χ0v) is 19.8. The molecule has 0 radical (unpaired) electrons. The van der Waals surface area contributed by atoms with Crippen LogP contribution in [0.5, 0.6) is 17.2 Å². The number of hydrogen-bond acceptors (Lipinski definition) is 7. The van der Waals surface area contributed by atoms with E-state index in [1.165, 1.54) is 0 Å². The Morgan fingerprint density at radius 1 is 1.09 bits per heavy atom. The molecule has 0 aliphatic carbocycles. The monoisotopic (exact) mass is 473 g/mol. The fourth-order valence-corrected chi connectivity index (χ4v) is 4.29. The SMILES string of the molecule is COc1ccc(-c2cn(C/C=C\COc3cc4c(cc3OC)C(=O)N3CCC[C@H]3C=N4)nn2)cc1. The van der Waals surface area contributed by atoms with Crippen LogP contribution in [0.3, 0.4) is 0 Å². The molecule has 180 valence electrons. The van der Waals surface area contributed by atoms with Crippen molar-refractivity contribution in [3.8, 4) is 28.5 Å². The number of aromatic nitrogens is 3. The molecule has 0 unspecified atom stereocenters. The number of carbonyl (C=O) groups excluding carboxylic acids is 1. The average Bonchev–Trinajstić information content (AvgIpc) is 3.54. The molecule has 1 saturated heterocycles. The van der Waals surface area contributed by atoms with Gasteiger partial charge in [-0.1, -0.05) is 11.3 Å². The van der Waals surface area contributed by atoms with E-state index in [4.69, 9.17) is 14.2 Å². The molecule has 1 aromatic heterocycles. The van der Waals surface area contributed by atoms with Crippen LogP contribution in [0, 0.1) is 0 Å². The van der Waals surface area contributed by atoms with Gasteiger partial charge in [0.2, 0.25) is 0 Å². The summed E-state index contributed by atoms with van der Waals surface area (Å²) in [7, 11) is 3.21. The largest absolute Gasteiger partial charge is 0.497 e. The second kappa shape index (κ2) is 10.0. The molecule has 1 fully saturated rings. The molecule has 0 N–H and O–H groups in total. The summed E-state index contributed by atoms with van der Waals surface area (Å²) in [5.74, 6) is 1.85. The number of fused-ring (bicyclic) bond motifs is 2. The van der Waals surface area contributed by atoms with Crippen molar-refractivity contribution in [2.75, 3.05) is 27.4 Å². The van der Waals surface area contributed by atoms with Crippen LogP contribution in [0.2, 0.25) is 0 Å². The van der Waals surface area contributed by atoms with E-state index in [-0.39, 0.29) is 11.9 Å². The lowest BCUT2D eigenvalue weighted by Crippen LogP contribution is -2.35. The molecule has 2 aromatic carbocycles. The molecule has 5 rings (SSSR count). The number of hydrogen-bond donors (Lipinski definition) is 0. The Balaban J connectivity index is 1.21. The number of rotatable bonds is 8. The van der Waals surface area contributed by atoms with Crippen molar-refractivity contribution < 1.29 is 19.0 Å². The highest BCUT2D eigenvalue weighted by molar-refractivity contribution is 6.03. The quantitative estimate of drug-likeness (QED) is 0.461. The van der Waals surface area contributed by atoms with Crippen LogP contribution in [-0.2, 0) is 6.54 Å². The third-order valence-electron chi connectivity index (χ3n) is 6.18. The molecule has 0 saturated carbocycles. The predicted molar refractivity (Wildman–Crippen MR) is 132 cm³/mol. The molecule has 1 amide bonds. The third kappa shape index (κ3) is 4.75. The van der Waals surface area contributed by atoms with Crippen LogP contribution in [0.4, 0.5) is 5.69 Å². The highest BCUT2D eigenvalue weighted by atomic mass is 16.5. The molecule has 3 heterocycles. The first-order valence-electron chi connectivity index (χ1n) is 11.6. The number of aliphatic imine (C=N–C) groups is 1. The molecule has 2 aliphatic rings. The van der Waals surface area contributed by atoms with Gasteiger partial charge >= 0.3 is 0 Å². The smallest absolute Gasteiger partial charge is 0.256 e. The average molecular weight is 474 g/mol. The molecule has 9 nitrogen and oxygen atoms in total. The molecule has 1 atom stereocenters. The molecular formula is C26H27N5O4. The summed E-state index contributed by atoms with van der Waals surface area (Å²) in [6, 6.07) is 11.3. The van der Waals surface area contributed by atoms with Crippen molar-refractivity contribution in [3.05, 3.63) is 60.3 Å². The Hall–Kier alpha value is -4.14. The van der Waals surface area contributed by atoms with Crippen molar-refractivity contribution >= 4 is 17.8 Å². The van der Waals surface area contributed by atoms with Crippen LogP contribution in [0.1, 0.15) is 23.2 Å². The minimum absolute atomic E-state index is 0.00779. The van der Waals surface area contributed by atoms with E-state index in [9.17, 15) is 4.79 Å². The van der Waals surface area contributed by atoms with Crippen LogP contribution < -0.4 is 14.2 Å². The van der Waals surface area contributed by atoms with Crippen molar-refractivity contribution in [1.29, 1.82) is 0 Å². The van der Waals surface area contributed by atoms with E-state index in [1.54, 1.807) is 31.0 Å². The van der Waals surface area contributed by atoms with Crippen molar-refractivity contribution in [3.63, 3.8) is 0 Å². The lowest BCUT2D eigenvalue weighted by molar-refractivity contribution is 0.0774. The standard InChI is InChI=1S/C26H27N5O4/c1-33-20-9-7-18(8-10-20)23-17-30(29-28-23)11-3-4-13-35-25-15-22-21(14-24(25)34-2)26(32)31-12-5-6-19(31)16-27-22/h3-4,7-10,14-17,19H,5-6,11-13H2,1-2H3/b4-3-/t19-/m0/s1. The van der Waals surface area contributed by atoms with Gasteiger partial charge in [0, 0.05) is 24.4 Å². The topological polar surface area (TPSA) is 91.1 Å². The summed E-state index contributed by atoms with van der Waals surface area (Å²) in [4.78, 5) is 19.4. The zero-order chi connectivity index (χ0) is 24.2. The number of carbonyl (C=O) groups is 1. The van der Waals surface area contributed by atoms with Crippen molar-refractivity contribution in [1.82, 2.24) is 19.9 Å². The van der Waals surface area contributed by atoms with Gasteiger partial charge in [0.05, 0.1) is 44.3 Å². The van der Waals surface area contributed by atoms with Crippen molar-refractivity contribution in [2.24, 2.45) is 4.99 Å². The van der Waals surface area contributed by atoms with Crippen LogP contribution in [0.25, 0.3) is 11.3 Å². The normalized spacial score (nSPS) is 16.8. The van der Waals surface area contributed by atoms with Crippen LogP contribution in [0.15, 0.2) is 59.7 Å². The molecular weight excluding hydrogens is 446 g/mol. The van der Waals surface area contributed by atoms with Gasteiger partial charge in [0.15, 0.2) is 11.5 Å². The van der Waals surface area contributed by atoms with Gasteiger partial charge in [0.1, 0.15) is 18.1 Å². The second-order valence-corrected chi connectivity index (χ2v) is 8.34. The molecule has 35 heavy (non-hydrogen) atoms. The zero-order valence-electron chi connectivity index (χ0n) is 19.8. The number of methoxy groups -OCH3 is 2. The summed E-state index contributed by atoms with van der Waals surface area (Å²) >= 11 is 0. The molecule has 2 aliphatic heterocycles. The maximum Gasteiger partial charge on any atom is 0.256 e. The minimum Gasteiger partial charge on any atom is -0.497 e. The molecule has 3 aromatic rings. The predicted octanol–water partition coefficient (Wildman–Crippen LogP) is 3.92. The molecule has 0 spiro atoms. The first-order chi connectivity index (χ1) is 17.2. The fraction of sp³-hybridized carbons (Fsp3) is 0.308. The summed E-state index contributed by atoms with van der Waals surface area (Å²) in [5.41, 5.74) is 2.92. The van der Waals surface area contributed by atoms with E-state index in [2.05, 4.69) is 15.3 Å². The lowest BCUT2D eigenvalue weighted by Gasteiger charge is -2.20. The van der Waals surface area contributed by atoms with E-state index in [0.717, 1.165) is 36.4 Å². The van der Waals surface area contributed by atoms with E-state index in [1.807, 2.05) is 53.7 Å². The highest BCUT2D eigenvalue weighted by Gasteiger charge is 2.32. The van der Waals surface area contributed by atoms with Gasteiger partial charge in [-0.3, -0.25) is 9.79 Å². The van der Waals surface area contributed by atoms with E-state index < -0.39 is 0 Å². The summed E-state index contributed by atoms with van der Waals surface area (Å²) in [6.07, 6.45) is 9.57. The molecule has 0 bridgehead atoms. The van der Waals surface area contributed by atoms with Gasteiger partial charge in [-0.15, -0.1) is 5.10 Å². The molecule has 9 heteroatoms. The lowest BCUT2D eigenvalue weighted by atomic mass is 10.1. The highest BCUT2D eigenvalue weighted by Crippen LogP contribution is 2.38. The summed E-state index contributed by atoms with van der Waals surface area (Å²) in [6.45, 7) is 1.65. The Morgan fingerprint density at radius 2 is 1.94 bits per heavy atom. The summed E-state index contributed by atoms with van der Waals surface area (Å²) in [5, 5.41) is 8.41. The van der Waals surface area contributed by atoms with Gasteiger partial charge in [0.25, 0.3) is 5.91 Å². The maximum atomic E-state index is 13.0. The van der Waals surface area contributed by atoms with Crippen LogP contribution >= 0.6 is 0 Å². The number of amides is 1. The van der Waals surface area contributed by atoms with E-state index >= 15 is 0 Å². The number of allylic oxidation sites excluding steroid dienone is 1. The number of nitrogens with zero attached hydrogens (tertiary/aromatic N) is 5. The Morgan fingerprint density at radius 3 is 2.74 bits per heavy atom.